The maximum Gasteiger partial charge on any atom is 0.153 e. The summed E-state index contributed by atoms with van der Waals surface area (Å²) in [5.74, 6) is -0.823. The van der Waals surface area contributed by atoms with E-state index in [9.17, 15) is 9.18 Å². The Morgan fingerprint density at radius 2 is 2.18 bits per heavy atom. The SMILES string of the molecule is Cc1cc(C=O)c(O)cc1F. The molecular formula is C8H7FO2. The summed E-state index contributed by atoms with van der Waals surface area (Å²) < 4.78 is 12.6. The Labute approximate surface area is 63.3 Å². The molecule has 0 aromatic heterocycles. The lowest BCUT2D eigenvalue weighted by molar-refractivity contribution is 0.112. The second-order valence-corrected chi connectivity index (χ2v) is 2.28. The first-order chi connectivity index (χ1) is 5.15. The zero-order valence-electron chi connectivity index (χ0n) is 5.97. The molecule has 0 amide bonds. The fourth-order valence-corrected chi connectivity index (χ4v) is 0.788. The third-order valence-corrected chi connectivity index (χ3v) is 1.43. The van der Waals surface area contributed by atoms with Crippen molar-refractivity contribution in [2.45, 2.75) is 6.92 Å². The van der Waals surface area contributed by atoms with Crippen molar-refractivity contribution < 1.29 is 14.3 Å². The Morgan fingerprint density at radius 3 is 2.73 bits per heavy atom. The Hall–Kier alpha value is -1.38. The first-order valence-electron chi connectivity index (χ1n) is 3.09. The number of hydrogen-bond acceptors (Lipinski definition) is 2. The minimum atomic E-state index is -0.506. The number of hydrogen-bond donors (Lipinski definition) is 1. The van der Waals surface area contributed by atoms with Crippen molar-refractivity contribution in [2.75, 3.05) is 0 Å². The zero-order chi connectivity index (χ0) is 8.43. The molecule has 1 N–H and O–H groups in total. The van der Waals surface area contributed by atoms with Crippen LogP contribution < -0.4 is 0 Å². The first-order valence-corrected chi connectivity index (χ1v) is 3.09. The molecule has 1 aromatic rings. The summed E-state index contributed by atoms with van der Waals surface area (Å²) in [4.78, 5) is 10.2. The summed E-state index contributed by atoms with van der Waals surface area (Å²) in [6.07, 6.45) is 0.488. The molecule has 1 rings (SSSR count). The van der Waals surface area contributed by atoms with Gasteiger partial charge in [0.1, 0.15) is 11.6 Å². The largest absolute Gasteiger partial charge is 0.507 e. The summed E-state index contributed by atoms with van der Waals surface area (Å²) in [6.45, 7) is 1.53. The molecule has 3 heteroatoms. The average Bonchev–Trinajstić information content (AvgIpc) is 1.97. The van der Waals surface area contributed by atoms with Crippen molar-refractivity contribution >= 4 is 6.29 Å². The van der Waals surface area contributed by atoms with Crippen molar-refractivity contribution in [1.29, 1.82) is 0 Å². The van der Waals surface area contributed by atoms with Gasteiger partial charge in [0.2, 0.25) is 0 Å². The van der Waals surface area contributed by atoms with Crippen LogP contribution in [0.25, 0.3) is 0 Å². The molecule has 2 nitrogen and oxygen atoms in total. The lowest BCUT2D eigenvalue weighted by Crippen LogP contribution is -1.87. The monoisotopic (exact) mass is 154 g/mol. The fourth-order valence-electron chi connectivity index (χ4n) is 0.788. The number of benzene rings is 1. The fraction of sp³-hybridized carbons (Fsp3) is 0.125. The van der Waals surface area contributed by atoms with Crippen LogP contribution in [-0.4, -0.2) is 11.4 Å². The Kier molecular flexibility index (Phi) is 1.89. The molecule has 58 valence electrons. The van der Waals surface area contributed by atoms with Crippen LogP contribution >= 0.6 is 0 Å². The van der Waals surface area contributed by atoms with Crippen LogP contribution in [0.3, 0.4) is 0 Å². The molecule has 1 aromatic carbocycles. The molecule has 0 aliphatic carbocycles. The molecule has 0 heterocycles. The molecule has 0 saturated carbocycles. The second-order valence-electron chi connectivity index (χ2n) is 2.28. The van der Waals surface area contributed by atoms with Crippen molar-refractivity contribution in [3.05, 3.63) is 29.1 Å². The smallest absolute Gasteiger partial charge is 0.153 e. The van der Waals surface area contributed by atoms with Gasteiger partial charge >= 0.3 is 0 Å². The van der Waals surface area contributed by atoms with Gasteiger partial charge in [-0.3, -0.25) is 4.79 Å². The van der Waals surface area contributed by atoms with E-state index in [1.807, 2.05) is 0 Å². The van der Waals surface area contributed by atoms with Crippen molar-refractivity contribution in [2.24, 2.45) is 0 Å². The highest BCUT2D eigenvalue weighted by Crippen LogP contribution is 2.18. The first kappa shape index (κ1) is 7.72. The molecule has 11 heavy (non-hydrogen) atoms. The van der Waals surface area contributed by atoms with E-state index in [2.05, 4.69) is 0 Å². The van der Waals surface area contributed by atoms with E-state index in [0.29, 0.717) is 11.8 Å². The number of rotatable bonds is 1. The third kappa shape index (κ3) is 1.37. The van der Waals surface area contributed by atoms with Crippen LogP contribution in [0.15, 0.2) is 12.1 Å². The van der Waals surface area contributed by atoms with Crippen LogP contribution in [0.5, 0.6) is 5.75 Å². The number of carbonyl (C=O) groups excluding carboxylic acids is 1. The molecule has 0 aliphatic heterocycles. The van der Waals surface area contributed by atoms with Gasteiger partial charge in [0.25, 0.3) is 0 Å². The summed E-state index contributed by atoms with van der Waals surface area (Å²) in [5.41, 5.74) is 0.466. The number of aldehydes is 1. The molecule has 0 radical (unpaired) electrons. The van der Waals surface area contributed by atoms with Gasteiger partial charge in [0.15, 0.2) is 6.29 Å². The van der Waals surface area contributed by atoms with E-state index in [4.69, 9.17) is 5.11 Å². The van der Waals surface area contributed by atoms with Crippen LogP contribution in [0.1, 0.15) is 15.9 Å². The van der Waals surface area contributed by atoms with Gasteiger partial charge in [-0.05, 0) is 18.6 Å². The van der Waals surface area contributed by atoms with Gasteiger partial charge in [-0.25, -0.2) is 4.39 Å². The molecule has 0 aliphatic rings. The van der Waals surface area contributed by atoms with Crippen LogP contribution in [0.4, 0.5) is 4.39 Å². The lowest BCUT2D eigenvalue weighted by atomic mass is 10.1. The number of aryl methyl sites for hydroxylation is 1. The molecule has 0 unspecified atom stereocenters. The van der Waals surface area contributed by atoms with Crippen molar-refractivity contribution in [1.82, 2.24) is 0 Å². The number of halogens is 1. The van der Waals surface area contributed by atoms with Crippen molar-refractivity contribution in [3.63, 3.8) is 0 Å². The van der Waals surface area contributed by atoms with Gasteiger partial charge in [0.05, 0.1) is 5.56 Å². The van der Waals surface area contributed by atoms with Crippen molar-refractivity contribution in [3.8, 4) is 5.75 Å². The maximum absolute atomic E-state index is 12.6. The number of carbonyl (C=O) groups is 1. The molecule has 0 atom stereocenters. The number of phenols is 1. The van der Waals surface area contributed by atoms with Gasteiger partial charge in [0, 0.05) is 6.07 Å². The molecule has 0 spiro atoms. The highest BCUT2D eigenvalue weighted by molar-refractivity contribution is 5.79. The highest BCUT2D eigenvalue weighted by Gasteiger charge is 2.04. The van der Waals surface area contributed by atoms with E-state index in [0.717, 1.165) is 6.07 Å². The Morgan fingerprint density at radius 1 is 1.55 bits per heavy atom. The normalized spacial score (nSPS) is 9.64. The van der Waals surface area contributed by atoms with E-state index >= 15 is 0 Å². The summed E-state index contributed by atoms with van der Waals surface area (Å²) in [5, 5.41) is 8.94. The lowest BCUT2D eigenvalue weighted by Gasteiger charge is -1.99. The Bertz CT molecular complexity index is 294. The van der Waals surface area contributed by atoms with Crippen LogP contribution in [0.2, 0.25) is 0 Å². The maximum atomic E-state index is 12.6. The topological polar surface area (TPSA) is 37.3 Å². The van der Waals surface area contributed by atoms with Gasteiger partial charge in [-0.1, -0.05) is 0 Å². The highest BCUT2D eigenvalue weighted by atomic mass is 19.1. The van der Waals surface area contributed by atoms with Gasteiger partial charge in [-0.2, -0.15) is 0 Å². The van der Waals surface area contributed by atoms with E-state index in [-0.39, 0.29) is 11.3 Å². The standard InChI is InChI=1S/C8H7FO2/c1-5-2-6(4-10)8(11)3-7(5)9/h2-4,11H,1H3. The predicted octanol–water partition coefficient (Wildman–Crippen LogP) is 1.65. The Balaban J connectivity index is 3.31. The molecule has 0 bridgehead atoms. The average molecular weight is 154 g/mol. The number of aromatic hydroxyl groups is 1. The zero-order valence-corrected chi connectivity index (χ0v) is 5.97. The van der Waals surface area contributed by atoms with E-state index < -0.39 is 5.82 Å². The van der Waals surface area contributed by atoms with E-state index in [1.54, 1.807) is 0 Å². The molecular weight excluding hydrogens is 147 g/mol. The predicted molar refractivity (Wildman–Crippen MR) is 38.2 cm³/mol. The van der Waals surface area contributed by atoms with Crippen LogP contribution in [-0.2, 0) is 0 Å². The van der Waals surface area contributed by atoms with Gasteiger partial charge in [-0.15, -0.1) is 0 Å². The van der Waals surface area contributed by atoms with Crippen LogP contribution in [0, 0.1) is 12.7 Å². The summed E-state index contributed by atoms with van der Waals surface area (Å²) >= 11 is 0. The minimum absolute atomic E-state index is 0.115. The second kappa shape index (κ2) is 2.70. The summed E-state index contributed by atoms with van der Waals surface area (Å²) in [7, 11) is 0. The molecule has 0 fully saturated rings. The summed E-state index contributed by atoms with van der Waals surface area (Å²) in [6, 6.07) is 2.23. The molecule has 0 saturated heterocycles. The number of phenolic OH excluding ortho intramolecular Hbond substituents is 1. The van der Waals surface area contributed by atoms with E-state index in [1.165, 1.54) is 13.0 Å². The van der Waals surface area contributed by atoms with Gasteiger partial charge < -0.3 is 5.11 Å². The minimum Gasteiger partial charge on any atom is -0.507 e. The third-order valence-electron chi connectivity index (χ3n) is 1.43. The quantitative estimate of drug-likeness (QED) is 0.624.